The molecule has 1 atom stereocenters. The molecule has 1 unspecified atom stereocenters. The molecule has 21 heavy (non-hydrogen) atoms. The number of sulfonamides is 1. The molecule has 0 amide bonds. The van der Waals surface area contributed by atoms with Crippen molar-refractivity contribution >= 4 is 21.7 Å². The third kappa shape index (κ3) is 5.00. The summed E-state index contributed by atoms with van der Waals surface area (Å²) in [6.45, 7) is 2.53. The lowest BCUT2D eigenvalue weighted by atomic mass is 10.0. The molecule has 1 aromatic rings. The molecular weight excluding hydrogens is 296 g/mol. The maximum Gasteiger partial charge on any atom is 0.337 e. The van der Waals surface area contributed by atoms with Gasteiger partial charge in [-0.15, -0.1) is 0 Å². The van der Waals surface area contributed by atoms with Gasteiger partial charge in [0.05, 0.1) is 10.5 Å². The third-order valence-electron chi connectivity index (χ3n) is 3.25. The Morgan fingerprint density at radius 1 is 1.43 bits per heavy atom. The van der Waals surface area contributed by atoms with E-state index in [-0.39, 0.29) is 23.0 Å². The maximum absolute atomic E-state index is 11.3. The largest absolute Gasteiger partial charge is 0.478 e. The maximum atomic E-state index is 11.3. The van der Waals surface area contributed by atoms with Crippen LogP contribution in [0.1, 0.15) is 30.1 Å². The molecule has 0 aromatic heterocycles. The molecule has 0 radical (unpaired) electrons. The van der Waals surface area contributed by atoms with Crippen LogP contribution < -0.4 is 10.5 Å². The number of hydrogen-bond donors (Lipinski definition) is 4. The van der Waals surface area contributed by atoms with E-state index in [0.29, 0.717) is 18.7 Å². The fourth-order valence-electron chi connectivity index (χ4n) is 1.92. The second-order valence-electron chi connectivity index (χ2n) is 4.73. The summed E-state index contributed by atoms with van der Waals surface area (Å²) in [4.78, 5) is 11.0. The molecule has 0 spiro atoms. The molecule has 0 aliphatic carbocycles. The van der Waals surface area contributed by atoms with E-state index in [2.05, 4.69) is 5.32 Å². The summed E-state index contributed by atoms with van der Waals surface area (Å²) < 4.78 is 22.5. The average molecular weight is 316 g/mol. The number of nitrogens with two attached hydrogens (primary N) is 1. The number of carbonyl (C=O) groups is 1. The van der Waals surface area contributed by atoms with E-state index in [0.717, 1.165) is 12.5 Å². The minimum atomic E-state index is -3.94. The zero-order valence-corrected chi connectivity index (χ0v) is 12.6. The van der Waals surface area contributed by atoms with Gasteiger partial charge in [-0.1, -0.05) is 13.3 Å². The number of aromatic carboxylic acids is 1. The highest BCUT2D eigenvalue weighted by molar-refractivity contribution is 7.89. The van der Waals surface area contributed by atoms with Crippen LogP contribution in [0.15, 0.2) is 23.1 Å². The van der Waals surface area contributed by atoms with E-state index >= 15 is 0 Å². The lowest BCUT2D eigenvalue weighted by Crippen LogP contribution is -2.18. The van der Waals surface area contributed by atoms with Gasteiger partial charge in [-0.2, -0.15) is 0 Å². The number of benzene rings is 1. The normalized spacial score (nSPS) is 12.9. The van der Waals surface area contributed by atoms with Crippen LogP contribution >= 0.6 is 0 Å². The van der Waals surface area contributed by atoms with Gasteiger partial charge in [0.25, 0.3) is 0 Å². The zero-order valence-electron chi connectivity index (χ0n) is 11.7. The molecule has 1 rings (SSSR count). The fourth-order valence-corrected chi connectivity index (χ4v) is 2.46. The summed E-state index contributed by atoms with van der Waals surface area (Å²) in [5.41, 5.74) is 0.173. The van der Waals surface area contributed by atoms with Crippen LogP contribution in [0.2, 0.25) is 0 Å². The summed E-state index contributed by atoms with van der Waals surface area (Å²) in [6.07, 6.45) is 1.45. The lowest BCUT2D eigenvalue weighted by Gasteiger charge is -2.17. The van der Waals surface area contributed by atoms with E-state index in [9.17, 15) is 13.2 Å². The van der Waals surface area contributed by atoms with E-state index in [1.165, 1.54) is 12.1 Å². The van der Waals surface area contributed by atoms with Crippen molar-refractivity contribution in [1.29, 1.82) is 0 Å². The van der Waals surface area contributed by atoms with Gasteiger partial charge in [0.2, 0.25) is 10.0 Å². The van der Waals surface area contributed by atoms with Gasteiger partial charge in [-0.25, -0.2) is 18.4 Å². The number of aliphatic hydroxyl groups is 1. The Bertz CT molecular complexity index is 601. The minimum Gasteiger partial charge on any atom is -0.478 e. The van der Waals surface area contributed by atoms with Crippen molar-refractivity contribution in [3.05, 3.63) is 23.8 Å². The average Bonchev–Trinajstić information content (AvgIpc) is 2.42. The quantitative estimate of drug-likeness (QED) is 0.562. The van der Waals surface area contributed by atoms with Crippen molar-refractivity contribution in [1.82, 2.24) is 0 Å². The number of nitrogens with one attached hydrogen (secondary N) is 1. The minimum absolute atomic E-state index is 0.0658. The van der Waals surface area contributed by atoms with Gasteiger partial charge >= 0.3 is 5.97 Å². The van der Waals surface area contributed by atoms with E-state index in [4.69, 9.17) is 15.4 Å². The first kappa shape index (κ1) is 17.4. The summed E-state index contributed by atoms with van der Waals surface area (Å²) in [7, 11) is -3.94. The summed E-state index contributed by atoms with van der Waals surface area (Å²) in [5, 5.41) is 26.1. The van der Waals surface area contributed by atoms with Crippen molar-refractivity contribution in [3.8, 4) is 0 Å². The van der Waals surface area contributed by atoms with Gasteiger partial charge in [-0.3, -0.25) is 0 Å². The highest BCUT2D eigenvalue weighted by Crippen LogP contribution is 2.21. The van der Waals surface area contributed by atoms with Gasteiger partial charge in [0.15, 0.2) is 0 Å². The first-order chi connectivity index (χ1) is 9.79. The predicted molar refractivity (Wildman–Crippen MR) is 78.7 cm³/mol. The molecule has 0 aliphatic rings. The van der Waals surface area contributed by atoms with Crippen molar-refractivity contribution in [2.24, 2.45) is 11.1 Å². The van der Waals surface area contributed by atoms with Gasteiger partial charge < -0.3 is 15.5 Å². The number of rotatable bonds is 8. The number of primary sulfonamides is 1. The molecule has 7 nitrogen and oxygen atoms in total. The second kappa shape index (κ2) is 7.39. The molecule has 0 saturated heterocycles. The van der Waals surface area contributed by atoms with Crippen LogP contribution in [-0.4, -0.2) is 37.8 Å². The van der Waals surface area contributed by atoms with Crippen molar-refractivity contribution < 1.29 is 23.4 Å². The van der Waals surface area contributed by atoms with Crippen molar-refractivity contribution in [2.75, 3.05) is 18.5 Å². The first-order valence-electron chi connectivity index (χ1n) is 6.54. The monoisotopic (exact) mass is 316 g/mol. The Morgan fingerprint density at radius 3 is 2.57 bits per heavy atom. The highest BCUT2D eigenvalue weighted by Gasteiger charge is 2.16. The summed E-state index contributed by atoms with van der Waals surface area (Å²) in [6, 6.07) is 3.68. The van der Waals surface area contributed by atoms with Crippen LogP contribution in [0.25, 0.3) is 0 Å². The summed E-state index contributed by atoms with van der Waals surface area (Å²) in [5.74, 6) is -1.03. The number of anilines is 1. The van der Waals surface area contributed by atoms with Crippen LogP contribution in [0, 0.1) is 5.92 Å². The number of carboxylic acids is 1. The Kier molecular flexibility index (Phi) is 6.13. The standard InChI is InChI=1S/C13H20N2O5S/c1-2-9(5-6-16)8-15-12-4-3-10(21(14,19)20)7-11(12)13(17)18/h3-4,7,9,15-16H,2,5-6,8H2,1H3,(H,17,18)(H2,14,19,20). The Hall–Kier alpha value is -1.64. The number of aliphatic hydroxyl groups excluding tert-OH is 1. The molecule has 0 saturated carbocycles. The lowest BCUT2D eigenvalue weighted by molar-refractivity contribution is 0.0697. The Labute approximate surface area is 123 Å². The molecule has 5 N–H and O–H groups in total. The highest BCUT2D eigenvalue weighted by atomic mass is 32.2. The first-order valence-corrected chi connectivity index (χ1v) is 8.09. The molecule has 0 heterocycles. The Balaban J connectivity index is 3.00. The van der Waals surface area contributed by atoms with Gasteiger partial charge in [0, 0.05) is 18.8 Å². The van der Waals surface area contributed by atoms with Crippen LogP contribution in [0.4, 0.5) is 5.69 Å². The number of hydrogen-bond acceptors (Lipinski definition) is 5. The topological polar surface area (TPSA) is 130 Å². The molecule has 0 bridgehead atoms. The van der Waals surface area contributed by atoms with E-state index in [1.807, 2.05) is 6.92 Å². The molecular formula is C13H20N2O5S. The van der Waals surface area contributed by atoms with Gasteiger partial charge in [-0.05, 0) is 30.5 Å². The second-order valence-corrected chi connectivity index (χ2v) is 6.29. The third-order valence-corrected chi connectivity index (χ3v) is 4.16. The molecule has 8 heteroatoms. The zero-order chi connectivity index (χ0) is 16.0. The van der Waals surface area contributed by atoms with E-state index < -0.39 is 16.0 Å². The summed E-state index contributed by atoms with van der Waals surface area (Å²) >= 11 is 0. The molecule has 118 valence electrons. The fraction of sp³-hybridized carbons (Fsp3) is 0.462. The predicted octanol–water partition coefficient (Wildman–Crippen LogP) is 0.853. The number of carboxylic acid groups (broad SMARTS) is 1. The molecule has 1 aromatic carbocycles. The van der Waals surface area contributed by atoms with Crippen LogP contribution in [-0.2, 0) is 10.0 Å². The van der Waals surface area contributed by atoms with Crippen LogP contribution in [0.3, 0.4) is 0 Å². The van der Waals surface area contributed by atoms with Gasteiger partial charge in [0.1, 0.15) is 0 Å². The smallest absolute Gasteiger partial charge is 0.337 e. The van der Waals surface area contributed by atoms with Crippen molar-refractivity contribution in [3.63, 3.8) is 0 Å². The van der Waals surface area contributed by atoms with Crippen LogP contribution in [0.5, 0.6) is 0 Å². The molecule has 0 fully saturated rings. The van der Waals surface area contributed by atoms with E-state index in [1.54, 1.807) is 0 Å². The Morgan fingerprint density at radius 2 is 2.10 bits per heavy atom. The molecule has 0 aliphatic heterocycles. The SMILES string of the molecule is CCC(CCO)CNc1ccc(S(N)(=O)=O)cc1C(=O)O. The van der Waals surface area contributed by atoms with Crippen molar-refractivity contribution in [2.45, 2.75) is 24.7 Å².